The summed E-state index contributed by atoms with van der Waals surface area (Å²) in [5.74, 6) is 0.287. The van der Waals surface area contributed by atoms with E-state index in [0.717, 1.165) is 19.3 Å². The molecule has 1 fully saturated rings. The van der Waals surface area contributed by atoms with Crippen LogP contribution in [0.25, 0.3) is 0 Å². The SMILES string of the molecule is CCC(OS(=O)O)C(=O)N1CCCCC(C)C1C. The maximum absolute atomic E-state index is 12.3. The van der Waals surface area contributed by atoms with Gasteiger partial charge in [-0.05, 0) is 32.1 Å². The monoisotopic (exact) mass is 277 g/mol. The van der Waals surface area contributed by atoms with E-state index in [1.807, 2.05) is 6.92 Å². The molecule has 0 aromatic carbocycles. The Morgan fingerprint density at radius 3 is 2.72 bits per heavy atom. The number of rotatable bonds is 4. The van der Waals surface area contributed by atoms with Crippen LogP contribution in [-0.4, -0.2) is 38.3 Å². The summed E-state index contributed by atoms with van der Waals surface area (Å²) in [6, 6.07) is 0.157. The normalized spacial score (nSPS) is 28.6. The second kappa shape index (κ2) is 7.21. The third-order valence-corrected chi connectivity index (χ3v) is 4.15. The van der Waals surface area contributed by atoms with Gasteiger partial charge in [-0.15, -0.1) is 0 Å². The largest absolute Gasteiger partial charge is 0.337 e. The van der Waals surface area contributed by atoms with Gasteiger partial charge in [-0.3, -0.25) is 13.5 Å². The van der Waals surface area contributed by atoms with E-state index >= 15 is 0 Å². The molecule has 1 heterocycles. The van der Waals surface area contributed by atoms with Gasteiger partial charge in [0.2, 0.25) is 0 Å². The Balaban J connectivity index is 2.75. The number of amides is 1. The average molecular weight is 277 g/mol. The number of hydrogen-bond acceptors (Lipinski definition) is 3. The standard InChI is InChI=1S/C12H23NO4S/c1-4-11(17-18(15)16)12(14)13-8-6-5-7-9(2)10(13)3/h9-11H,4-8H2,1-3H3,(H,15,16). The van der Waals surface area contributed by atoms with Crippen LogP contribution in [0.15, 0.2) is 0 Å². The Labute approximate surface area is 111 Å². The molecule has 1 saturated heterocycles. The topological polar surface area (TPSA) is 66.8 Å². The molecule has 0 spiro atoms. The van der Waals surface area contributed by atoms with Crippen molar-refractivity contribution >= 4 is 17.3 Å². The predicted octanol–water partition coefficient (Wildman–Crippen LogP) is 1.96. The first kappa shape index (κ1) is 15.6. The van der Waals surface area contributed by atoms with Crippen molar-refractivity contribution in [2.75, 3.05) is 6.54 Å². The number of carbonyl (C=O) groups is 1. The Bertz CT molecular complexity index is 310. The van der Waals surface area contributed by atoms with Gasteiger partial charge in [0.25, 0.3) is 5.91 Å². The molecule has 0 saturated carbocycles. The van der Waals surface area contributed by atoms with Gasteiger partial charge in [0.15, 0.2) is 6.10 Å². The first-order valence-electron chi connectivity index (χ1n) is 6.55. The van der Waals surface area contributed by atoms with Gasteiger partial charge >= 0.3 is 11.4 Å². The molecule has 1 aliphatic rings. The molecule has 1 N–H and O–H groups in total. The van der Waals surface area contributed by atoms with Crippen LogP contribution in [0.3, 0.4) is 0 Å². The molecular weight excluding hydrogens is 254 g/mol. The number of carbonyl (C=O) groups excluding carboxylic acids is 1. The molecule has 0 aliphatic carbocycles. The highest BCUT2D eigenvalue weighted by Gasteiger charge is 2.32. The molecule has 6 heteroatoms. The maximum Gasteiger partial charge on any atom is 0.302 e. The minimum Gasteiger partial charge on any atom is -0.337 e. The fourth-order valence-corrected chi connectivity index (χ4v) is 2.80. The van der Waals surface area contributed by atoms with Crippen LogP contribution in [0.4, 0.5) is 0 Å². The summed E-state index contributed by atoms with van der Waals surface area (Å²) in [5.41, 5.74) is 0. The highest BCUT2D eigenvalue weighted by molar-refractivity contribution is 7.74. The summed E-state index contributed by atoms with van der Waals surface area (Å²) in [5, 5.41) is 0. The van der Waals surface area contributed by atoms with Crippen LogP contribution in [-0.2, 0) is 20.3 Å². The van der Waals surface area contributed by atoms with E-state index in [4.69, 9.17) is 8.74 Å². The van der Waals surface area contributed by atoms with Gasteiger partial charge in [0, 0.05) is 12.6 Å². The highest BCUT2D eigenvalue weighted by atomic mass is 32.2. The minimum atomic E-state index is -2.39. The highest BCUT2D eigenvalue weighted by Crippen LogP contribution is 2.23. The van der Waals surface area contributed by atoms with Crippen molar-refractivity contribution in [1.82, 2.24) is 4.90 Å². The first-order valence-corrected chi connectivity index (χ1v) is 7.59. The van der Waals surface area contributed by atoms with Crippen molar-refractivity contribution in [2.24, 2.45) is 5.92 Å². The Kier molecular flexibility index (Phi) is 6.25. The Morgan fingerprint density at radius 1 is 1.50 bits per heavy atom. The first-order chi connectivity index (χ1) is 8.47. The molecule has 0 bridgehead atoms. The average Bonchev–Trinajstić information content (AvgIpc) is 2.48. The van der Waals surface area contributed by atoms with Crippen molar-refractivity contribution in [3.8, 4) is 0 Å². The zero-order chi connectivity index (χ0) is 13.7. The van der Waals surface area contributed by atoms with E-state index in [0.29, 0.717) is 18.9 Å². The van der Waals surface area contributed by atoms with Crippen molar-refractivity contribution < 1.29 is 17.7 Å². The zero-order valence-electron chi connectivity index (χ0n) is 11.3. The third-order valence-electron chi connectivity index (χ3n) is 3.75. The predicted molar refractivity (Wildman–Crippen MR) is 70.1 cm³/mol. The molecule has 18 heavy (non-hydrogen) atoms. The molecule has 1 amide bonds. The second-order valence-electron chi connectivity index (χ2n) is 4.96. The molecule has 5 nitrogen and oxygen atoms in total. The van der Waals surface area contributed by atoms with Crippen LogP contribution in [0.1, 0.15) is 46.5 Å². The summed E-state index contributed by atoms with van der Waals surface area (Å²) in [6.45, 7) is 6.67. The number of likely N-dealkylation sites (tertiary alicyclic amines) is 1. The van der Waals surface area contributed by atoms with Gasteiger partial charge in [-0.1, -0.05) is 20.3 Å². The van der Waals surface area contributed by atoms with Gasteiger partial charge in [-0.25, -0.2) is 0 Å². The Hall–Kier alpha value is -0.460. The minimum absolute atomic E-state index is 0.157. The number of hydrogen-bond donors (Lipinski definition) is 1. The second-order valence-corrected chi connectivity index (χ2v) is 5.58. The van der Waals surface area contributed by atoms with Gasteiger partial charge in [0.05, 0.1) is 0 Å². The molecule has 1 aliphatic heterocycles. The van der Waals surface area contributed by atoms with E-state index in [-0.39, 0.29) is 11.9 Å². The van der Waals surface area contributed by atoms with Crippen LogP contribution < -0.4 is 0 Å². The summed E-state index contributed by atoms with van der Waals surface area (Å²) < 4.78 is 24.2. The quantitative estimate of drug-likeness (QED) is 0.798. The lowest BCUT2D eigenvalue weighted by atomic mass is 9.98. The van der Waals surface area contributed by atoms with E-state index in [1.54, 1.807) is 11.8 Å². The van der Waals surface area contributed by atoms with Crippen LogP contribution in [0.2, 0.25) is 0 Å². The fourth-order valence-electron chi connectivity index (χ4n) is 2.38. The van der Waals surface area contributed by atoms with Crippen molar-refractivity contribution in [2.45, 2.75) is 58.6 Å². The Morgan fingerprint density at radius 2 is 2.17 bits per heavy atom. The van der Waals surface area contributed by atoms with E-state index < -0.39 is 17.5 Å². The van der Waals surface area contributed by atoms with E-state index in [9.17, 15) is 9.00 Å². The van der Waals surface area contributed by atoms with Crippen molar-refractivity contribution in [3.05, 3.63) is 0 Å². The summed E-state index contributed by atoms with van der Waals surface area (Å²) >= 11 is -2.39. The lowest BCUT2D eigenvalue weighted by Gasteiger charge is -2.32. The molecule has 0 radical (unpaired) electrons. The molecular formula is C12H23NO4S. The van der Waals surface area contributed by atoms with Crippen LogP contribution >= 0.6 is 0 Å². The molecule has 4 atom stereocenters. The fraction of sp³-hybridized carbons (Fsp3) is 0.917. The van der Waals surface area contributed by atoms with Gasteiger partial charge in [-0.2, -0.15) is 4.21 Å². The van der Waals surface area contributed by atoms with Crippen LogP contribution in [0.5, 0.6) is 0 Å². The molecule has 1 rings (SSSR count). The van der Waals surface area contributed by atoms with Gasteiger partial charge < -0.3 is 4.90 Å². The zero-order valence-corrected chi connectivity index (χ0v) is 12.1. The molecule has 4 unspecified atom stereocenters. The lowest BCUT2D eigenvalue weighted by molar-refractivity contribution is -0.141. The molecule has 0 aromatic rings. The lowest BCUT2D eigenvalue weighted by Crippen LogP contribution is -2.47. The van der Waals surface area contributed by atoms with Gasteiger partial charge in [0.1, 0.15) is 0 Å². The number of nitrogens with zero attached hydrogens (tertiary/aromatic N) is 1. The maximum atomic E-state index is 12.3. The van der Waals surface area contributed by atoms with E-state index in [2.05, 4.69) is 6.92 Å². The van der Waals surface area contributed by atoms with E-state index in [1.165, 1.54) is 0 Å². The summed E-state index contributed by atoms with van der Waals surface area (Å²) in [4.78, 5) is 14.1. The smallest absolute Gasteiger partial charge is 0.302 e. The van der Waals surface area contributed by atoms with Crippen molar-refractivity contribution in [1.29, 1.82) is 0 Å². The van der Waals surface area contributed by atoms with Crippen molar-refractivity contribution in [3.63, 3.8) is 0 Å². The summed E-state index contributed by atoms with van der Waals surface area (Å²) in [6.07, 6.45) is 2.82. The summed E-state index contributed by atoms with van der Waals surface area (Å²) in [7, 11) is 0. The third kappa shape index (κ3) is 4.03. The molecule has 0 aromatic heterocycles. The van der Waals surface area contributed by atoms with Crippen LogP contribution in [0, 0.1) is 5.92 Å². The molecule has 106 valence electrons.